The van der Waals surface area contributed by atoms with E-state index in [1.165, 1.54) is 0 Å². The number of amides is 1. The van der Waals surface area contributed by atoms with Gasteiger partial charge in [0.25, 0.3) is 5.91 Å². The molecule has 0 saturated heterocycles. The number of hydrogen-bond donors (Lipinski definition) is 0. The van der Waals surface area contributed by atoms with Crippen molar-refractivity contribution in [3.63, 3.8) is 0 Å². The van der Waals surface area contributed by atoms with Crippen molar-refractivity contribution in [3.05, 3.63) is 96.1 Å². The molecular formula is C24H23N3O2. The summed E-state index contributed by atoms with van der Waals surface area (Å²) in [7, 11) is 3.50. The van der Waals surface area contributed by atoms with Crippen LogP contribution in [0, 0.1) is 0 Å². The summed E-state index contributed by atoms with van der Waals surface area (Å²) in [5.41, 5.74) is 2.85. The number of rotatable bonds is 6. The summed E-state index contributed by atoms with van der Waals surface area (Å²) in [5.74, 6) is 0.848. The monoisotopic (exact) mass is 385 g/mol. The molecule has 0 radical (unpaired) electrons. The van der Waals surface area contributed by atoms with E-state index >= 15 is 0 Å². The number of methoxy groups -OCH3 is 1. The topological polar surface area (TPSA) is 47.4 Å². The zero-order valence-corrected chi connectivity index (χ0v) is 16.6. The van der Waals surface area contributed by atoms with Crippen LogP contribution in [-0.4, -0.2) is 34.5 Å². The van der Waals surface area contributed by atoms with E-state index in [0.29, 0.717) is 18.7 Å². The second-order valence-corrected chi connectivity index (χ2v) is 7.14. The van der Waals surface area contributed by atoms with Gasteiger partial charge in [-0.3, -0.25) is 4.79 Å². The normalized spacial score (nSPS) is 10.8. The van der Waals surface area contributed by atoms with E-state index in [1.54, 1.807) is 24.5 Å². The van der Waals surface area contributed by atoms with Crippen molar-refractivity contribution in [2.24, 2.45) is 0 Å². The minimum absolute atomic E-state index is 0.00677. The van der Waals surface area contributed by atoms with E-state index in [-0.39, 0.29) is 5.91 Å². The first-order valence-corrected chi connectivity index (χ1v) is 9.49. The Kier molecular flexibility index (Phi) is 5.29. The number of imidazole rings is 1. The van der Waals surface area contributed by atoms with E-state index in [2.05, 4.69) is 23.2 Å². The highest BCUT2D eigenvalue weighted by atomic mass is 16.5. The zero-order chi connectivity index (χ0) is 20.2. The van der Waals surface area contributed by atoms with Crippen LogP contribution in [0.1, 0.15) is 21.5 Å². The molecule has 0 spiro atoms. The third-order valence-electron chi connectivity index (χ3n) is 4.98. The third kappa shape index (κ3) is 4.29. The van der Waals surface area contributed by atoms with Gasteiger partial charge in [0.15, 0.2) is 0 Å². The number of benzene rings is 3. The lowest BCUT2D eigenvalue weighted by atomic mass is 10.1. The fourth-order valence-corrected chi connectivity index (χ4v) is 3.46. The lowest BCUT2D eigenvalue weighted by Gasteiger charge is -2.18. The lowest BCUT2D eigenvalue weighted by molar-refractivity contribution is 0.0785. The third-order valence-corrected chi connectivity index (χ3v) is 4.98. The quantitative estimate of drug-likeness (QED) is 0.495. The molecule has 1 heterocycles. The fraction of sp³-hybridized carbons (Fsp3) is 0.167. The Labute approximate surface area is 170 Å². The summed E-state index contributed by atoms with van der Waals surface area (Å²) in [6.07, 6.45) is 5.44. The van der Waals surface area contributed by atoms with Crippen molar-refractivity contribution < 1.29 is 9.53 Å². The Balaban J connectivity index is 1.48. The van der Waals surface area contributed by atoms with Crippen LogP contribution in [-0.2, 0) is 13.1 Å². The first-order valence-electron chi connectivity index (χ1n) is 9.49. The van der Waals surface area contributed by atoms with Crippen LogP contribution in [0.25, 0.3) is 10.8 Å². The van der Waals surface area contributed by atoms with Crippen molar-refractivity contribution in [2.75, 3.05) is 14.2 Å². The average Bonchev–Trinajstić information content (AvgIpc) is 3.26. The summed E-state index contributed by atoms with van der Waals surface area (Å²) in [6, 6.07) is 20.0. The second kappa shape index (κ2) is 8.19. The molecule has 5 nitrogen and oxygen atoms in total. The smallest absolute Gasteiger partial charge is 0.253 e. The van der Waals surface area contributed by atoms with Crippen LogP contribution in [0.3, 0.4) is 0 Å². The summed E-state index contributed by atoms with van der Waals surface area (Å²) in [6.45, 7) is 1.24. The van der Waals surface area contributed by atoms with Crippen LogP contribution < -0.4 is 4.74 Å². The maximum Gasteiger partial charge on any atom is 0.253 e. The Hall–Kier alpha value is -3.60. The summed E-state index contributed by atoms with van der Waals surface area (Å²) in [4.78, 5) is 18.8. The maximum atomic E-state index is 12.9. The summed E-state index contributed by atoms with van der Waals surface area (Å²) in [5, 5.41) is 2.25. The molecule has 1 amide bonds. The van der Waals surface area contributed by atoms with Gasteiger partial charge >= 0.3 is 0 Å². The molecule has 146 valence electrons. The highest BCUT2D eigenvalue weighted by Crippen LogP contribution is 2.22. The number of carbonyl (C=O) groups is 1. The molecule has 4 aromatic rings. The standard InChI is InChI=1S/C24H23N3O2/c1-26(15-19-6-7-21-14-23(29-2)9-8-20(21)12-19)24(28)22-5-3-4-18(13-22)16-27-11-10-25-17-27/h3-14,17H,15-16H2,1-2H3. The molecule has 0 saturated carbocycles. The molecule has 0 unspecified atom stereocenters. The molecule has 0 atom stereocenters. The van der Waals surface area contributed by atoms with E-state index < -0.39 is 0 Å². The molecular weight excluding hydrogens is 362 g/mol. The van der Waals surface area contributed by atoms with E-state index in [9.17, 15) is 4.79 Å². The van der Waals surface area contributed by atoms with Gasteiger partial charge in [-0.25, -0.2) is 4.98 Å². The van der Waals surface area contributed by atoms with Crippen molar-refractivity contribution in [1.82, 2.24) is 14.5 Å². The van der Waals surface area contributed by atoms with Crippen LogP contribution in [0.2, 0.25) is 0 Å². The molecule has 0 fully saturated rings. The van der Waals surface area contributed by atoms with E-state index in [0.717, 1.165) is 27.6 Å². The fourth-order valence-electron chi connectivity index (χ4n) is 3.46. The molecule has 0 aliphatic heterocycles. The van der Waals surface area contributed by atoms with Gasteiger partial charge in [0.05, 0.1) is 13.4 Å². The predicted molar refractivity (Wildman–Crippen MR) is 114 cm³/mol. The summed E-state index contributed by atoms with van der Waals surface area (Å²) >= 11 is 0. The molecule has 0 N–H and O–H groups in total. The molecule has 4 rings (SSSR count). The van der Waals surface area contributed by atoms with E-state index in [1.807, 2.05) is 60.3 Å². The number of carbonyl (C=O) groups excluding carboxylic acids is 1. The van der Waals surface area contributed by atoms with Crippen molar-refractivity contribution in [3.8, 4) is 5.75 Å². The minimum Gasteiger partial charge on any atom is -0.497 e. The zero-order valence-electron chi connectivity index (χ0n) is 16.6. The molecule has 0 aliphatic carbocycles. The predicted octanol–water partition coefficient (Wildman–Crippen LogP) is 4.37. The van der Waals surface area contributed by atoms with Crippen LogP contribution in [0.4, 0.5) is 0 Å². The van der Waals surface area contributed by atoms with Gasteiger partial charge in [0.2, 0.25) is 0 Å². The molecule has 0 bridgehead atoms. The van der Waals surface area contributed by atoms with Crippen molar-refractivity contribution >= 4 is 16.7 Å². The number of hydrogen-bond acceptors (Lipinski definition) is 3. The van der Waals surface area contributed by atoms with Gasteiger partial charge in [-0.1, -0.05) is 30.3 Å². The minimum atomic E-state index is 0.00677. The Bertz CT molecular complexity index is 1140. The van der Waals surface area contributed by atoms with Gasteiger partial charge in [-0.05, 0) is 52.2 Å². The molecule has 1 aromatic heterocycles. The number of ether oxygens (including phenoxy) is 1. The van der Waals surface area contributed by atoms with Crippen LogP contribution >= 0.6 is 0 Å². The molecule has 3 aromatic carbocycles. The second-order valence-electron chi connectivity index (χ2n) is 7.14. The Morgan fingerprint density at radius 1 is 1.03 bits per heavy atom. The number of aromatic nitrogens is 2. The van der Waals surface area contributed by atoms with Gasteiger partial charge < -0.3 is 14.2 Å². The van der Waals surface area contributed by atoms with Gasteiger partial charge in [0.1, 0.15) is 5.75 Å². The largest absolute Gasteiger partial charge is 0.497 e. The highest BCUT2D eigenvalue weighted by molar-refractivity contribution is 5.94. The maximum absolute atomic E-state index is 12.9. The number of nitrogens with zero attached hydrogens (tertiary/aromatic N) is 3. The van der Waals surface area contributed by atoms with Gasteiger partial charge in [-0.2, -0.15) is 0 Å². The lowest BCUT2D eigenvalue weighted by Crippen LogP contribution is -2.26. The summed E-state index contributed by atoms with van der Waals surface area (Å²) < 4.78 is 7.27. The van der Waals surface area contributed by atoms with Crippen LogP contribution in [0.15, 0.2) is 79.4 Å². The molecule has 29 heavy (non-hydrogen) atoms. The molecule has 5 heteroatoms. The average molecular weight is 385 g/mol. The van der Waals surface area contributed by atoms with Crippen molar-refractivity contribution in [2.45, 2.75) is 13.1 Å². The van der Waals surface area contributed by atoms with Gasteiger partial charge in [0, 0.05) is 38.1 Å². The highest BCUT2D eigenvalue weighted by Gasteiger charge is 2.13. The Morgan fingerprint density at radius 3 is 2.66 bits per heavy atom. The van der Waals surface area contributed by atoms with Crippen molar-refractivity contribution in [1.29, 1.82) is 0 Å². The van der Waals surface area contributed by atoms with Gasteiger partial charge in [-0.15, -0.1) is 0 Å². The first-order chi connectivity index (χ1) is 14.1. The Morgan fingerprint density at radius 2 is 1.86 bits per heavy atom. The van der Waals surface area contributed by atoms with Crippen LogP contribution in [0.5, 0.6) is 5.75 Å². The number of fused-ring (bicyclic) bond motifs is 1. The first kappa shape index (κ1) is 18.7. The van der Waals surface area contributed by atoms with E-state index in [4.69, 9.17) is 4.74 Å². The molecule has 0 aliphatic rings. The SMILES string of the molecule is COc1ccc2cc(CN(C)C(=O)c3cccc(Cn4ccnc4)c3)ccc2c1.